The zero-order valence-electron chi connectivity index (χ0n) is 8.80. The first-order valence-electron chi connectivity index (χ1n) is 4.57. The highest BCUT2D eigenvalue weighted by atomic mass is 32.1. The van der Waals surface area contributed by atoms with Crippen molar-refractivity contribution in [2.75, 3.05) is 5.32 Å². The summed E-state index contributed by atoms with van der Waals surface area (Å²) in [6.45, 7) is 4.02. The Morgan fingerprint density at radius 3 is 2.87 bits per heavy atom. The van der Waals surface area contributed by atoms with Crippen LogP contribution in [0.2, 0.25) is 0 Å². The summed E-state index contributed by atoms with van der Waals surface area (Å²) in [6, 6.07) is 0.119. The van der Waals surface area contributed by atoms with Gasteiger partial charge in [-0.3, -0.25) is 0 Å². The van der Waals surface area contributed by atoms with Gasteiger partial charge in [-0.05, 0) is 24.3 Å². The summed E-state index contributed by atoms with van der Waals surface area (Å²) in [5.41, 5.74) is 1.04. The summed E-state index contributed by atoms with van der Waals surface area (Å²) < 4.78 is 1.59. The SMILES string of the molecule is Cc1csc(C(C)Nc2nnnn2C)n1. The van der Waals surface area contributed by atoms with Gasteiger partial charge in [0.1, 0.15) is 5.01 Å². The third-order valence-electron chi connectivity index (χ3n) is 1.97. The average molecular weight is 224 g/mol. The van der Waals surface area contributed by atoms with E-state index in [-0.39, 0.29) is 6.04 Å². The smallest absolute Gasteiger partial charge is 0.243 e. The summed E-state index contributed by atoms with van der Waals surface area (Å²) >= 11 is 1.63. The zero-order valence-corrected chi connectivity index (χ0v) is 9.62. The fourth-order valence-electron chi connectivity index (χ4n) is 1.18. The van der Waals surface area contributed by atoms with Crippen LogP contribution in [-0.4, -0.2) is 25.2 Å². The van der Waals surface area contributed by atoms with Crippen molar-refractivity contribution in [3.8, 4) is 0 Å². The minimum Gasteiger partial charge on any atom is -0.344 e. The second-order valence-electron chi connectivity index (χ2n) is 3.32. The molecule has 2 rings (SSSR count). The summed E-state index contributed by atoms with van der Waals surface area (Å²) in [6.07, 6.45) is 0. The van der Waals surface area contributed by atoms with Gasteiger partial charge >= 0.3 is 0 Å². The van der Waals surface area contributed by atoms with E-state index in [0.717, 1.165) is 10.7 Å². The lowest BCUT2D eigenvalue weighted by atomic mass is 10.3. The molecule has 0 radical (unpaired) electrons. The van der Waals surface area contributed by atoms with Crippen molar-refractivity contribution in [2.45, 2.75) is 19.9 Å². The van der Waals surface area contributed by atoms with E-state index in [1.165, 1.54) is 0 Å². The minimum absolute atomic E-state index is 0.119. The molecule has 0 aliphatic heterocycles. The first-order valence-corrected chi connectivity index (χ1v) is 5.45. The molecule has 0 aliphatic carbocycles. The van der Waals surface area contributed by atoms with Crippen molar-refractivity contribution in [3.05, 3.63) is 16.1 Å². The zero-order chi connectivity index (χ0) is 10.8. The van der Waals surface area contributed by atoms with Gasteiger partial charge in [0, 0.05) is 18.1 Å². The predicted octanol–water partition coefficient (Wildman–Crippen LogP) is 1.15. The highest BCUT2D eigenvalue weighted by Gasteiger charge is 2.11. The monoisotopic (exact) mass is 224 g/mol. The lowest BCUT2D eigenvalue weighted by molar-refractivity contribution is 0.705. The van der Waals surface area contributed by atoms with Crippen LogP contribution in [0.25, 0.3) is 0 Å². The van der Waals surface area contributed by atoms with Crippen molar-refractivity contribution in [1.82, 2.24) is 25.2 Å². The van der Waals surface area contributed by atoms with Crippen LogP contribution in [0, 0.1) is 6.92 Å². The average Bonchev–Trinajstić information content (AvgIpc) is 2.77. The molecule has 2 aromatic rings. The quantitative estimate of drug-likeness (QED) is 0.847. The van der Waals surface area contributed by atoms with Gasteiger partial charge in [0.2, 0.25) is 5.95 Å². The standard InChI is InChI=1S/C8H12N6S/c1-5-4-15-7(9-5)6(2)10-8-11-12-13-14(8)3/h4,6H,1-3H3,(H,10,11,13). The van der Waals surface area contributed by atoms with Gasteiger partial charge in [-0.15, -0.1) is 11.3 Å². The highest BCUT2D eigenvalue weighted by Crippen LogP contribution is 2.20. The lowest BCUT2D eigenvalue weighted by Gasteiger charge is -2.09. The molecule has 0 aromatic carbocycles. The summed E-state index contributed by atoms with van der Waals surface area (Å²) in [5, 5.41) is 17.4. The Balaban J connectivity index is 2.10. The Bertz CT molecular complexity index is 447. The lowest BCUT2D eigenvalue weighted by Crippen LogP contribution is -2.10. The third kappa shape index (κ3) is 2.12. The van der Waals surface area contributed by atoms with Crippen LogP contribution in [-0.2, 0) is 7.05 Å². The van der Waals surface area contributed by atoms with Crippen molar-refractivity contribution < 1.29 is 0 Å². The minimum atomic E-state index is 0.119. The van der Waals surface area contributed by atoms with E-state index in [9.17, 15) is 0 Å². The van der Waals surface area contributed by atoms with E-state index in [4.69, 9.17) is 0 Å². The van der Waals surface area contributed by atoms with Crippen molar-refractivity contribution in [2.24, 2.45) is 7.05 Å². The molecule has 0 bridgehead atoms. The van der Waals surface area contributed by atoms with E-state index in [1.807, 2.05) is 19.2 Å². The molecule has 0 aliphatic rings. The van der Waals surface area contributed by atoms with E-state index >= 15 is 0 Å². The van der Waals surface area contributed by atoms with E-state index in [0.29, 0.717) is 5.95 Å². The van der Waals surface area contributed by atoms with Gasteiger partial charge in [0.05, 0.1) is 6.04 Å². The molecular weight excluding hydrogens is 212 g/mol. The number of thiazole rings is 1. The largest absolute Gasteiger partial charge is 0.344 e. The summed E-state index contributed by atoms with van der Waals surface area (Å²) in [4.78, 5) is 4.40. The van der Waals surface area contributed by atoms with Crippen molar-refractivity contribution in [3.63, 3.8) is 0 Å². The van der Waals surface area contributed by atoms with Crippen LogP contribution in [0.1, 0.15) is 23.7 Å². The number of aryl methyl sites for hydroxylation is 2. The summed E-state index contributed by atoms with van der Waals surface area (Å²) in [5.74, 6) is 0.648. The van der Waals surface area contributed by atoms with E-state index in [1.54, 1.807) is 23.1 Å². The Hall–Kier alpha value is -1.50. The number of tetrazole rings is 1. The maximum atomic E-state index is 4.40. The molecule has 1 atom stereocenters. The maximum Gasteiger partial charge on any atom is 0.243 e. The molecular formula is C8H12N6S. The van der Waals surface area contributed by atoms with Crippen LogP contribution in [0.3, 0.4) is 0 Å². The van der Waals surface area contributed by atoms with E-state index in [2.05, 4.69) is 25.8 Å². The fourth-order valence-corrected chi connectivity index (χ4v) is 1.98. The molecule has 0 saturated carbocycles. The molecule has 7 heteroatoms. The van der Waals surface area contributed by atoms with Crippen LogP contribution in [0.4, 0.5) is 5.95 Å². The number of hydrogen-bond donors (Lipinski definition) is 1. The topological polar surface area (TPSA) is 68.5 Å². The Morgan fingerprint density at radius 2 is 2.33 bits per heavy atom. The van der Waals surface area contributed by atoms with Crippen LogP contribution in [0.15, 0.2) is 5.38 Å². The van der Waals surface area contributed by atoms with Gasteiger partial charge in [-0.1, -0.05) is 5.10 Å². The number of anilines is 1. The molecule has 0 spiro atoms. The Kier molecular flexibility index (Phi) is 2.63. The molecule has 2 heterocycles. The molecule has 80 valence electrons. The molecule has 1 unspecified atom stereocenters. The van der Waals surface area contributed by atoms with Crippen LogP contribution in [0.5, 0.6) is 0 Å². The Labute approximate surface area is 91.3 Å². The fraction of sp³-hybridized carbons (Fsp3) is 0.500. The normalized spacial score (nSPS) is 12.7. The summed E-state index contributed by atoms with van der Waals surface area (Å²) in [7, 11) is 1.79. The van der Waals surface area contributed by atoms with Crippen molar-refractivity contribution >= 4 is 17.3 Å². The number of nitrogens with one attached hydrogen (secondary N) is 1. The first kappa shape index (κ1) is 10.0. The molecule has 2 aromatic heterocycles. The van der Waals surface area contributed by atoms with Crippen LogP contribution < -0.4 is 5.32 Å². The van der Waals surface area contributed by atoms with Gasteiger partial charge in [0.25, 0.3) is 0 Å². The van der Waals surface area contributed by atoms with Gasteiger partial charge in [0.15, 0.2) is 0 Å². The van der Waals surface area contributed by atoms with Gasteiger partial charge < -0.3 is 5.32 Å². The maximum absolute atomic E-state index is 4.40. The van der Waals surface area contributed by atoms with Gasteiger partial charge in [-0.25, -0.2) is 9.67 Å². The molecule has 0 amide bonds. The highest BCUT2D eigenvalue weighted by molar-refractivity contribution is 7.09. The second-order valence-corrected chi connectivity index (χ2v) is 4.21. The molecule has 6 nitrogen and oxygen atoms in total. The number of aromatic nitrogens is 5. The first-order chi connectivity index (χ1) is 7.16. The van der Waals surface area contributed by atoms with E-state index < -0.39 is 0 Å². The predicted molar refractivity (Wildman–Crippen MR) is 57.7 cm³/mol. The van der Waals surface area contributed by atoms with Crippen molar-refractivity contribution in [1.29, 1.82) is 0 Å². The van der Waals surface area contributed by atoms with Gasteiger partial charge in [-0.2, -0.15) is 0 Å². The molecule has 1 N–H and O–H groups in total. The molecule has 0 saturated heterocycles. The number of hydrogen-bond acceptors (Lipinski definition) is 6. The third-order valence-corrected chi connectivity index (χ3v) is 3.12. The molecule has 15 heavy (non-hydrogen) atoms. The number of nitrogens with zero attached hydrogens (tertiary/aromatic N) is 5. The van der Waals surface area contributed by atoms with Crippen LogP contribution >= 0.6 is 11.3 Å². The second kappa shape index (κ2) is 3.93. The molecule has 0 fully saturated rings. The Morgan fingerprint density at radius 1 is 1.53 bits per heavy atom. The number of rotatable bonds is 3.